The predicted molar refractivity (Wildman–Crippen MR) is 142 cm³/mol. The standard InChI is InChI=1S/C31H42FNO3/c1-20-17-24(33-15-13-22(14-16-33)31(35-2)36-3)19-28(32)29(20)30-26(21-7-5-4-6-8-21)11-9-23-18-25(34)10-12-27(23)30/h10,12,17-19,21-22,26,30-31,34H,4-9,11,13-16H2,1-3H3/t26-,30+/m0/s1. The van der Waals surface area contributed by atoms with Crippen LogP contribution in [0.4, 0.5) is 10.1 Å². The monoisotopic (exact) mass is 495 g/mol. The normalized spacial score (nSPS) is 23.8. The average molecular weight is 496 g/mol. The maximum atomic E-state index is 16.2. The number of phenolic OH excluding ortho intramolecular Hbond substituents is 1. The molecule has 2 aromatic carbocycles. The molecule has 36 heavy (non-hydrogen) atoms. The molecule has 3 aliphatic rings. The molecule has 1 aliphatic heterocycles. The summed E-state index contributed by atoms with van der Waals surface area (Å²) in [4.78, 5) is 2.31. The van der Waals surface area contributed by atoms with E-state index in [4.69, 9.17) is 9.47 Å². The van der Waals surface area contributed by atoms with Crippen LogP contribution in [-0.2, 0) is 15.9 Å². The lowest BCUT2D eigenvalue weighted by Gasteiger charge is -2.41. The summed E-state index contributed by atoms with van der Waals surface area (Å²) in [6, 6.07) is 9.73. The third-order valence-corrected chi connectivity index (χ3v) is 9.28. The van der Waals surface area contributed by atoms with E-state index in [-0.39, 0.29) is 18.0 Å². The van der Waals surface area contributed by atoms with Crippen LogP contribution in [-0.4, -0.2) is 38.7 Å². The highest BCUT2D eigenvalue weighted by Gasteiger charge is 2.38. The first kappa shape index (κ1) is 25.5. The Hall–Kier alpha value is -2.11. The highest BCUT2D eigenvalue weighted by atomic mass is 19.1. The van der Waals surface area contributed by atoms with Crippen LogP contribution >= 0.6 is 0 Å². The summed E-state index contributed by atoms with van der Waals surface area (Å²) in [5, 5.41) is 10.1. The summed E-state index contributed by atoms with van der Waals surface area (Å²) < 4.78 is 27.1. The minimum Gasteiger partial charge on any atom is -0.508 e. The fraction of sp³-hybridized carbons (Fsp3) is 0.613. The van der Waals surface area contributed by atoms with Crippen LogP contribution in [0.25, 0.3) is 0 Å². The summed E-state index contributed by atoms with van der Waals surface area (Å²) >= 11 is 0. The van der Waals surface area contributed by atoms with Crippen molar-refractivity contribution in [1.82, 2.24) is 0 Å². The van der Waals surface area contributed by atoms with E-state index in [0.29, 0.717) is 23.5 Å². The predicted octanol–water partition coefficient (Wildman–Crippen LogP) is 6.95. The van der Waals surface area contributed by atoms with Gasteiger partial charge in [0.1, 0.15) is 11.6 Å². The molecule has 1 heterocycles. The lowest BCUT2D eigenvalue weighted by atomic mass is 9.63. The second kappa shape index (κ2) is 11.1. The number of phenols is 1. The molecule has 0 spiro atoms. The van der Waals surface area contributed by atoms with Gasteiger partial charge in [-0.15, -0.1) is 0 Å². The number of anilines is 1. The Bertz CT molecular complexity index is 1020. The van der Waals surface area contributed by atoms with Gasteiger partial charge in [-0.05, 0) is 91.0 Å². The van der Waals surface area contributed by atoms with Crippen molar-refractivity contribution >= 4 is 5.69 Å². The third kappa shape index (κ3) is 5.02. The number of piperidine rings is 1. The van der Waals surface area contributed by atoms with Gasteiger partial charge in [-0.3, -0.25) is 0 Å². The molecule has 1 saturated carbocycles. The maximum absolute atomic E-state index is 16.2. The molecule has 0 radical (unpaired) electrons. The van der Waals surface area contributed by atoms with Crippen LogP contribution in [0, 0.1) is 30.5 Å². The third-order valence-electron chi connectivity index (χ3n) is 9.28. The lowest BCUT2D eigenvalue weighted by Crippen LogP contribution is -2.39. The number of fused-ring (bicyclic) bond motifs is 1. The smallest absolute Gasteiger partial charge is 0.159 e. The van der Waals surface area contributed by atoms with E-state index in [1.807, 2.05) is 6.07 Å². The zero-order valence-electron chi connectivity index (χ0n) is 22.1. The first-order valence-corrected chi connectivity index (χ1v) is 13.9. The van der Waals surface area contributed by atoms with E-state index in [2.05, 4.69) is 24.0 Å². The molecule has 1 N–H and O–H groups in total. The number of halogens is 1. The van der Waals surface area contributed by atoms with Gasteiger partial charge >= 0.3 is 0 Å². The molecule has 5 rings (SSSR count). The van der Waals surface area contributed by atoms with Gasteiger partial charge in [0, 0.05) is 44.8 Å². The molecular formula is C31H42FNO3. The Morgan fingerprint density at radius 3 is 2.33 bits per heavy atom. The van der Waals surface area contributed by atoms with E-state index < -0.39 is 0 Å². The largest absolute Gasteiger partial charge is 0.508 e. The Balaban J connectivity index is 1.45. The number of hydrogen-bond acceptors (Lipinski definition) is 4. The Kier molecular flexibility index (Phi) is 7.87. The van der Waals surface area contributed by atoms with E-state index in [1.54, 1.807) is 26.4 Å². The number of aromatic hydroxyl groups is 1. The topological polar surface area (TPSA) is 41.9 Å². The van der Waals surface area contributed by atoms with Crippen molar-refractivity contribution in [1.29, 1.82) is 0 Å². The van der Waals surface area contributed by atoms with Gasteiger partial charge in [0.25, 0.3) is 0 Å². The molecule has 2 fully saturated rings. The quantitative estimate of drug-likeness (QED) is 0.440. The summed E-state index contributed by atoms with van der Waals surface area (Å²) in [7, 11) is 3.40. The van der Waals surface area contributed by atoms with Crippen molar-refractivity contribution in [2.75, 3.05) is 32.2 Å². The van der Waals surface area contributed by atoms with Gasteiger partial charge in [-0.25, -0.2) is 4.39 Å². The number of ether oxygens (including phenoxy) is 2. The zero-order valence-corrected chi connectivity index (χ0v) is 22.1. The van der Waals surface area contributed by atoms with Gasteiger partial charge < -0.3 is 19.5 Å². The van der Waals surface area contributed by atoms with Crippen LogP contribution < -0.4 is 4.90 Å². The number of aryl methyl sites for hydroxylation is 2. The fourth-order valence-corrected chi connectivity index (χ4v) is 7.50. The summed E-state index contributed by atoms with van der Waals surface area (Å²) in [6.07, 6.45) is 10.2. The molecule has 0 amide bonds. The minimum atomic E-state index is -0.171. The summed E-state index contributed by atoms with van der Waals surface area (Å²) in [6.45, 7) is 3.85. The van der Waals surface area contributed by atoms with Crippen molar-refractivity contribution in [3.8, 4) is 5.75 Å². The highest BCUT2D eigenvalue weighted by Crippen LogP contribution is 2.50. The molecule has 0 unspecified atom stereocenters. The van der Waals surface area contributed by atoms with Gasteiger partial charge in [0.05, 0.1) is 0 Å². The van der Waals surface area contributed by atoms with E-state index in [1.165, 1.54) is 43.2 Å². The summed E-state index contributed by atoms with van der Waals surface area (Å²) in [5.74, 6) is 1.76. The van der Waals surface area contributed by atoms with Crippen LogP contribution in [0.3, 0.4) is 0 Å². The van der Waals surface area contributed by atoms with Crippen molar-refractivity contribution in [3.63, 3.8) is 0 Å². The van der Waals surface area contributed by atoms with Crippen molar-refractivity contribution in [2.45, 2.75) is 76.9 Å². The molecule has 4 nitrogen and oxygen atoms in total. The van der Waals surface area contributed by atoms with Gasteiger partial charge in [0.2, 0.25) is 0 Å². The average Bonchev–Trinajstić information content (AvgIpc) is 2.89. The van der Waals surface area contributed by atoms with Crippen molar-refractivity contribution in [2.24, 2.45) is 17.8 Å². The minimum absolute atomic E-state index is 0.0569. The molecule has 196 valence electrons. The fourth-order valence-electron chi connectivity index (χ4n) is 7.50. The Morgan fingerprint density at radius 2 is 1.67 bits per heavy atom. The number of benzene rings is 2. The summed E-state index contributed by atoms with van der Waals surface area (Å²) in [5.41, 5.74) is 5.30. The van der Waals surface area contributed by atoms with Crippen LogP contribution in [0.5, 0.6) is 5.75 Å². The first-order chi connectivity index (χ1) is 17.5. The molecule has 2 atom stereocenters. The van der Waals surface area contributed by atoms with E-state index >= 15 is 4.39 Å². The molecular weight excluding hydrogens is 453 g/mol. The lowest BCUT2D eigenvalue weighted by molar-refractivity contribution is -0.141. The highest BCUT2D eigenvalue weighted by molar-refractivity contribution is 5.55. The number of rotatable bonds is 6. The Labute approximate surface area is 215 Å². The molecule has 2 aromatic rings. The van der Waals surface area contributed by atoms with Crippen LogP contribution in [0.15, 0.2) is 30.3 Å². The molecule has 0 aromatic heterocycles. The van der Waals surface area contributed by atoms with E-state index in [9.17, 15) is 5.11 Å². The maximum Gasteiger partial charge on any atom is 0.159 e. The van der Waals surface area contributed by atoms with Gasteiger partial charge in [0.15, 0.2) is 6.29 Å². The Morgan fingerprint density at radius 1 is 0.944 bits per heavy atom. The molecule has 2 aliphatic carbocycles. The number of nitrogens with zero attached hydrogens (tertiary/aromatic N) is 1. The van der Waals surface area contributed by atoms with Gasteiger partial charge in [-0.2, -0.15) is 0 Å². The van der Waals surface area contributed by atoms with E-state index in [0.717, 1.165) is 55.6 Å². The molecule has 1 saturated heterocycles. The first-order valence-electron chi connectivity index (χ1n) is 13.9. The SMILES string of the molecule is COC(OC)C1CCN(c2cc(C)c([C@H]3c4ccc(O)cc4CC[C@H]3C3CCCCC3)c(F)c2)CC1. The van der Waals surface area contributed by atoms with Crippen LogP contribution in [0.2, 0.25) is 0 Å². The van der Waals surface area contributed by atoms with Crippen LogP contribution in [0.1, 0.15) is 79.5 Å². The van der Waals surface area contributed by atoms with Gasteiger partial charge in [-0.1, -0.05) is 38.2 Å². The van der Waals surface area contributed by atoms with Crippen molar-refractivity contribution < 1.29 is 19.0 Å². The zero-order chi connectivity index (χ0) is 25.2. The second-order valence-electron chi connectivity index (χ2n) is 11.3. The number of hydrogen-bond donors (Lipinski definition) is 1. The molecule has 5 heteroatoms. The molecule has 0 bridgehead atoms. The van der Waals surface area contributed by atoms with Crippen molar-refractivity contribution in [3.05, 3.63) is 58.4 Å². The second-order valence-corrected chi connectivity index (χ2v) is 11.3. The number of methoxy groups -OCH3 is 2.